The first-order valence-corrected chi connectivity index (χ1v) is 7.36. The molecule has 1 unspecified atom stereocenters. The molecular weight excluding hydrogens is 244 g/mol. The van der Waals surface area contributed by atoms with Gasteiger partial charge in [0.25, 0.3) is 0 Å². The second kappa shape index (κ2) is 4.80. The van der Waals surface area contributed by atoms with Crippen molar-refractivity contribution in [3.8, 4) is 0 Å². The number of H-pyrrole nitrogens is 1. The number of nitrogens with one attached hydrogen (secondary N) is 2. The lowest BCUT2D eigenvalue weighted by Gasteiger charge is -2.12. The first-order chi connectivity index (χ1) is 9.90. The molecule has 3 aromatic rings. The number of aromatic amines is 1. The fraction of sp³-hybridized carbons (Fsp3) is 0.222. The van der Waals surface area contributed by atoms with Crippen LogP contribution >= 0.6 is 0 Å². The smallest absolute Gasteiger partial charge is 0.119 e. The molecule has 1 aliphatic heterocycles. The second-order valence-electron chi connectivity index (χ2n) is 5.72. The predicted octanol–water partition coefficient (Wildman–Crippen LogP) is 2.31. The monoisotopic (exact) mass is 263 g/mol. The Hall–Kier alpha value is -2.06. The highest BCUT2D eigenvalue weighted by atomic mass is 15.2. The molecule has 0 saturated carbocycles. The van der Waals surface area contributed by atoms with E-state index in [0.717, 1.165) is 13.1 Å². The van der Waals surface area contributed by atoms with Crippen molar-refractivity contribution in [3.63, 3.8) is 0 Å². The molecule has 100 valence electrons. The molecule has 0 saturated heterocycles. The lowest BCUT2D eigenvalue weighted by molar-refractivity contribution is -0.920. The van der Waals surface area contributed by atoms with Crippen molar-refractivity contribution < 1.29 is 4.90 Å². The zero-order valence-corrected chi connectivity index (χ0v) is 11.5. The summed E-state index contributed by atoms with van der Waals surface area (Å²) in [6, 6.07) is 19.5. The molecule has 2 heteroatoms. The van der Waals surface area contributed by atoms with Gasteiger partial charge < -0.3 is 9.88 Å². The quantitative estimate of drug-likeness (QED) is 0.723. The van der Waals surface area contributed by atoms with Crippen LogP contribution in [0.5, 0.6) is 0 Å². The van der Waals surface area contributed by atoms with Crippen molar-refractivity contribution in [2.45, 2.75) is 19.5 Å². The van der Waals surface area contributed by atoms with Gasteiger partial charge in [-0.2, -0.15) is 0 Å². The van der Waals surface area contributed by atoms with Gasteiger partial charge in [0, 0.05) is 22.9 Å². The maximum absolute atomic E-state index is 3.58. The highest BCUT2D eigenvalue weighted by Crippen LogP contribution is 2.23. The van der Waals surface area contributed by atoms with Gasteiger partial charge in [0.05, 0.1) is 12.2 Å². The van der Waals surface area contributed by atoms with Gasteiger partial charge in [-0.25, -0.2) is 0 Å². The molecular formula is C18H19N2+. The number of hydrogen-bond donors (Lipinski definition) is 2. The van der Waals surface area contributed by atoms with Gasteiger partial charge in [0.15, 0.2) is 0 Å². The summed E-state index contributed by atoms with van der Waals surface area (Å²) in [6.07, 6.45) is 1.17. The molecule has 0 radical (unpaired) electrons. The summed E-state index contributed by atoms with van der Waals surface area (Å²) in [7, 11) is 0. The molecule has 1 aromatic heterocycles. The number of benzene rings is 2. The molecule has 2 aromatic carbocycles. The van der Waals surface area contributed by atoms with Gasteiger partial charge in [-0.3, -0.25) is 0 Å². The number of aromatic nitrogens is 1. The van der Waals surface area contributed by atoms with Gasteiger partial charge in [0.2, 0.25) is 0 Å². The minimum absolute atomic E-state index is 1.14. The molecule has 1 atom stereocenters. The minimum atomic E-state index is 1.14. The highest BCUT2D eigenvalue weighted by molar-refractivity contribution is 5.84. The van der Waals surface area contributed by atoms with Crippen LogP contribution in [0.2, 0.25) is 0 Å². The van der Waals surface area contributed by atoms with Crippen LogP contribution in [0.1, 0.15) is 16.8 Å². The van der Waals surface area contributed by atoms with Crippen molar-refractivity contribution in [3.05, 3.63) is 71.4 Å². The van der Waals surface area contributed by atoms with E-state index in [2.05, 4.69) is 59.6 Å². The first kappa shape index (κ1) is 11.7. The Morgan fingerprint density at radius 3 is 2.60 bits per heavy atom. The molecule has 0 fully saturated rings. The van der Waals surface area contributed by atoms with Crippen LogP contribution in [0.15, 0.2) is 54.6 Å². The van der Waals surface area contributed by atoms with E-state index < -0.39 is 0 Å². The molecule has 0 aliphatic carbocycles. The third-order valence-electron chi connectivity index (χ3n) is 4.37. The number of para-hydroxylation sites is 1. The molecule has 2 nitrogen and oxygen atoms in total. The number of hydrogen-bond acceptors (Lipinski definition) is 0. The summed E-state index contributed by atoms with van der Waals surface area (Å²) in [6.45, 7) is 3.50. The molecule has 1 aliphatic rings. The van der Waals surface area contributed by atoms with E-state index in [1.165, 1.54) is 40.7 Å². The van der Waals surface area contributed by atoms with E-state index in [1.54, 1.807) is 4.90 Å². The van der Waals surface area contributed by atoms with Crippen LogP contribution in [0, 0.1) is 0 Å². The fourth-order valence-electron chi connectivity index (χ4n) is 3.31. The molecule has 0 bridgehead atoms. The van der Waals surface area contributed by atoms with E-state index in [1.807, 2.05) is 0 Å². The van der Waals surface area contributed by atoms with E-state index in [0.29, 0.717) is 0 Å². The summed E-state index contributed by atoms with van der Waals surface area (Å²) in [5, 5.41) is 1.41. The Bertz CT molecular complexity index is 728. The Morgan fingerprint density at radius 1 is 0.900 bits per heavy atom. The second-order valence-corrected chi connectivity index (χ2v) is 5.72. The van der Waals surface area contributed by atoms with E-state index >= 15 is 0 Å². The molecule has 2 N–H and O–H groups in total. The van der Waals surface area contributed by atoms with Crippen LogP contribution in [0.25, 0.3) is 10.9 Å². The molecule has 0 spiro atoms. The van der Waals surface area contributed by atoms with Gasteiger partial charge in [-0.15, -0.1) is 0 Å². The Labute approximate surface area is 119 Å². The molecule has 0 amide bonds. The Balaban J connectivity index is 1.48. The third kappa shape index (κ3) is 2.02. The van der Waals surface area contributed by atoms with E-state index in [4.69, 9.17) is 0 Å². The normalized spacial score (nSPS) is 17.5. The topological polar surface area (TPSA) is 20.2 Å². The van der Waals surface area contributed by atoms with E-state index in [-0.39, 0.29) is 0 Å². The fourth-order valence-corrected chi connectivity index (χ4v) is 3.31. The van der Waals surface area contributed by atoms with Gasteiger partial charge in [-0.05, 0) is 11.6 Å². The SMILES string of the molecule is c1ccc(CC[NH+]2Cc3[nH]c4ccccc4c3C2)cc1. The first-order valence-electron chi connectivity index (χ1n) is 7.36. The molecule has 2 heterocycles. The maximum atomic E-state index is 3.58. The van der Waals surface area contributed by atoms with Gasteiger partial charge in [-0.1, -0.05) is 48.5 Å². The average Bonchev–Trinajstić information content (AvgIpc) is 3.03. The predicted molar refractivity (Wildman–Crippen MR) is 81.7 cm³/mol. The lowest BCUT2D eigenvalue weighted by Crippen LogP contribution is -3.07. The average molecular weight is 263 g/mol. The highest BCUT2D eigenvalue weighted by Gasteiger charge is 2.26. The van der Waals surface area contributed by atoms with Crippen molar-refractivity contribution in [1.82, 2.24) is 4.98 Å². The van der Waals surface area contributed by atoms with Crippen LogP contribution in [-0.4, -0.2) is 11.5 Å². The number of rotatable bonds is 3. The zero-order chi connectivity index (χ0) is 13.4. The number of quaternary nitrogens is 1. The minimum Gasteiger partial charge on any atom is -0.353 e. The van der Waals surface area contributed by atoms with Gasteiger partial charge >= 0.3 is 0 Å². The van der Waals surface area contributed by atoms with Crippen LogP contribution in [0.3, 0.4) is 0 Å². The summed E-state index contributed by atoms with van der Waals surface area (Å²) < 4.78 is 0. The Morgan fingerprint density at radius 2 is 1.70 bits per heavy atom. The van der Waals surface area contributed by atoms with Crippen molar-refractivity contribution >= 4 is 10.9 Å². The maximum Gasteiger partial charge on any atom is 0.119 e. The van der Waals surface area contributed by atoms with Crippen molar-refractivity contribution in [2.75, 3.05) is 6.54 Å². The summed E-state index contributed by atoms with van der Waals surface area (Å²) in [5.74, 6) is 0. The molecule has 4 rings (SSSR count). The van der Waals surface area contributed by atoms with Crippen LogP contribution in [-0.2, 0) is 19.5 Å². The van der Waals surface area contributed by atoms with Crippen LogP contribution < -0.4 is 4.90 Å². The third-order valence-corrected chi connectivity index (χ3v) is 4.37. The largest absolute Gasteiger partial charge is 0.353 e. The van der Waals surface area contributed by atoms with Crippen LogP contribution in [0.4, 0.5) is 0 Å². The number of fused-ring (bicyclic) bond motifs is 3. The zero-order valence-electron chi connectivity index (χ0n) is 11.5. The summed E-state index contributed by atoms with van der Waals surface area (Å²) in [5.41, 5.74) is 5.71. The molecule has 20 heavy (non-hydrogen) atoms. The van der Waals surface area contributed by atoms with Crippen molar-refractivity contribution in [1.29, 1.82) is 0 Å². The Kier molecular flexibility index (Phi) is 2.82. The van der Waals surface area contributed by atoms with E-state index in [9.17, 15) is 0 Å². The lowest BCUT2D eigenvalue weighted by atomic mass is 10.1. The van der Waals surface area contributed by atoms with Crippen molar-refractivity contribution in [2.24, 2.45) is 0 Å². The van der Waals surface area contributed by atoms with Gasteiger partial charge in [0.1, 0.15) is 13.1 Å². The summed E-state index contributed by atoms with van der Waals surface area (Å²) in [4.78, 5) is 5.25. The standard InChI is InChI=1S/C18H18N2/c1-2-6-14(7-3-1)10-11-20-12-16-15-8-4-5-9-17(15)19-18(16)13-20/h1-9,19H,10-13H2/p+1. The summed E-state index contributed by atoms with van der Waals surface area (Å²) >= 11 is 0.